The number of hydrogen-bond acceptors (Lipinski definition) is 2. The van der Waals surface area contributed by atoms with Crippen molar-refractivity contribution >= 4 is 0 Å². The minimum atomic E-state index is 0.322. The molecule has 2 nitrogen and oxygen atoms in total. The number of rotatable bonds is 2. The van der Waals surface area contributed by atoms with Gasteiger partial charge in [0.1, 0.15) is 0 Å². The summed E-state index contributed by atoms with van der Waals surface area (Å²) in [6.45, 7) is 5.64. The molecule has 1 aromatic carbocycles. The minimum absolute atomic E-state index is 0.322. The first-order chi connectivity index (χ1) is 7.70. The Balaban J connectivity index is 2.13. The van der Waals surface area contributed by atoms with Crippen LogP contribution >= 0.6 is 0 Å². The number of aryl methyl sites for hydroxylation is 2. The average molecular weight is 219 g/mol. The van der Waals surface area contributed by atoms with Crippen LogP contribution in [0.15, 0.2) is 18.2 Å². The zero-order valence-corrected chi connectivity index (χ0v) is 10.2. The van der Waals surface area contributed by atoms with Gasteiger partial charge in [-0.1, -0.05) is 18.2 Å². The van der Waals surface area contributed by atoms with Gasteiger partial charge in [-0.2, -0.15) is 0 Å². The van der Waals surface area contributed by atoms with Gasteiger partial charge in [0.05, 0.1) is 0 Å². The lowest BCUT2D eigenvalue weighted by atomic mass is 9.88. The van der Waals surface area contributed by atoms with E-state index in [4.69, 9.17) is 0 Å². The summed E-state index contributed by atoms with van der Waals surface area (Å²) in [6, 6.07) is 7.09. The van der Waals surface area contributed by atoms with E-state index in [-0.39, 0.29) is 0 Å². The largest absolute Gasteiger partial charge is 0.396 e. The van der Waals surface area contributed by atoms with Gasteiger partial charge in [-0.05, 0) is 55.8 Å². The number of aliphatic hydroxyl groups excluding tert-OH is 1. The Labute approximate surface area is 97.7 Å². The minimum Gasteiger partial charge on any atom is -0.396 e. The second-order valence-corrected chi connectivity index (χ2v) is 4.92. The zero-order valence-electron chi connectivity index (χ0n) is 10.2. The third kappa shape index (κ3) is 2.45. The lowest BCUT2D eigenvalue weighted by Crippen LogP contribution is -2.33. The molecule has 0 aliphatic carbocycles. The predicted molar refractivity (Wildman–Crippen MR) is 66.5 cm³/mol. The number of nitrogens with one attached hydrogen (secondary N) is 1. The molecule has 2 atom stereocenters. The standard InChI is InChI=1S/C14H21NO/c1-10-3-4-13(7-11(10)2)14-8-12(9-16)5-6-15-14/h3-4,7,12,14-16H,5-6,8-9H2,1-2H3. The van der Waals surface area contributed by atoms with Crippen molar-refractivity contribution in [2.24, 2.45) is 5.92 Å². The van der Waals surface area contributed by atoms with Gasteiger partial charge >= 0.3 is 0 Å². The van der Waals surface area contributed by atoms with Crippen molar-refractivity contribution in [1.29, 1.82) is 0 Å². The molecule has 1 heterocycles. The van der Waals surface area contributed by atoms with Gasteiger partial charge in [-0.25, -0.2) is 0 Å². The maximum absolute atomic E-state index is 9.23. The lowest BCUT2D eigenvalue weighted by Gasteiger charge is -2.30. The van der Waals surface area contributed by atoms with Crippen molar-refractivity contribution in [2.45, 2.75) is 32.7 Å². The molecule has 0 spiro atoms. The normalized spacial score (nSPS) is 25.7. The van der Waals surface area contributed by atoms with E-state index in [1.807, 2.05) is 0 Å². The quantitative estimate of drug-likeness (QED) is 0.800. The van der Waals surface area contributed by atoms with E-state index >= 15 is 0 Å². The Hall–Kier alpha value is -0.860. The summed E-state index contributed by atoms with van der Waals surface area (Å²) in [5.41, 5.74) is 4.06. The van der Waals surface area contributed by atoms with Crippen LogP contribution in [0.2, 0.25) is 0 Å². The van der Waals surface area contributed by atoms with Crippen LogP contribution in [0.25, 0.3) is 0 Å². The summed E-state index contributed by atoms with van der Waals surface area (Å²) < 4.78 is 0. The van der Waals surface area contributed by atoms with Crippen molar-refractivity contribution in [3.05, 3.63) is 34.9 Å². The molecule has 0 bridgehead atoms. The number of hydrogen-bond donors (Lipinski definition) is 2. The molecule has 2 unspecified atom stereocenters. The van der Waals surface area contributed by atoms with Crippen LogP contribution < -0.4 is 5.32 Å². The summed E-state index contributed by atoms with van der Waals surface area (Å²) in [5.74, 6) is 0.466. The van der Waals surface area contributed by atoms with Gasteiger partial charge in [-0.3, -0.25) is 0 Å². The highest BCUT2D eigenvalue weighted by Crippen LogP contribution is 2.27. The average Bonchev–Trinajstić information content (AvgIpc) is 2.33. The monoisotopic (exact) mass is 219 g/mol. The van der Waals surface area contributed by atoms with Crippen LogP contribution in [0.1, 0.15) is 35.6 Å². The highest BCUT2D eigenvalue weighted by molar-refractivity contribution is 5.31. The first-order valence-corrected chi connectivity index (χ1v) is 6.12. The number of piperidine rings is 1. The summed E-state index contributed by atoms with van der Waals surface area (Å²) in [6.07, 6.45) is 2.15. The SMILES string of the molecule is Cc1ccc(C2CC(CO)CCN2)cc1C. The van der Waals surface area contributed by atoms with Gasteiger partial charge < -0.3 is 10.4 Å². The Bertz CT molecular complexity index is 362. The fourth-order valence-corrected chi connectivity index (χ4v) is 2.40. The van der Waals surface area contributed by atoms with Gasteiger partial charge in [0.15, 0.2) is 0 Å². The van der Waals surface area contributed by atoms with Crippen molar-refractivity contribution in [1.82, 2.24) is 5.32 Å². The summed E-state index contributed by atoms with van der Waals surface area (Å²) >= 11 is 0. The number of benzene rings is 1. The van der Waals surface area contributed by atoms with E-state index in [0.717, 1.165) is 19.4 Å². The van der Waals surface area contributed by atoms with Crippen molar-refractivity contribution < 1.29 is 5.11 Å². The molecule has 2 rings (SSSR count). The van der Waals surface area contributed by atoms with E-state index in [1.54, 1.807) is 0 Å². The topological polar surface area (TPSA) is 32.3 Å². The third-order valence-corrected chi connectivity index (χ3v) is 3.70. The fourth-order valence-electron chi connectivity index (χ4n) is 2.40. The lowest BCUT2D eigenvalue weighted by molar-refractivity contribution is 0.176. The summed E-state index contributed by atoms with van der Waals surface area (Å²) in [7, 11) is 0. The predicted octanol–water partition coefficient (Wildman–Crippen LogP) is 2.34. The highest BCUT2D eigenvalue weighted by atomic mass is 16.3. The van der Waals surface area contributed by atoms with Gasteiger partial charge in [-0.15, -0.1) is 0 Å². The molecule has 88 valence electrons. The molecule has 1 saturated heterocycles. The van der Waals surface area contributed by atoms with Crippen molar-refractivity contribution in [2.75, 3.05) is 13.2 Å². The first-order valence-electron chi connectivity index (χ1n) is 6.12. The maximum atomic E-state index is 9.23. The van der Waals surface area contributed by atoms with Crippen LogP contribution in [0.4, 0.5) is 0 Å². The van der Waals surface area contributed by atoms with Gasteiger partial charge in [0, 0.05) is 12.6 Å². The second-order valence-electron chi connectivity index (χ2n) is 4.92. The molecule has 1 aromatic rings. The van der Waals surface area contributed by atoms with Crippen LogP contribution in [-0.4, -0.2) is 18.3 Å². The van der Waals surface area contributed by atoms with Crippen molar-refractivity contribution in [3.63, 3.8) is 0 Å². The Morgan fingerprint density at radius 2 is 2.12 bits per heavy atom. The molecule has 0 saturated carbocycles. The van der Waals surface area contributed by atoms with E-state index in [9.17, 15) is 5.11 Å². The highest BCUT2D eigenvalue weighted by Gasteiger charge is 2.22. The molecule has 0 aromatic heterocycles. The van der Waals surface area contributed by atoms with Crippen LogP contribution in [0.3, 0.4) is 0 Å². The molecule has 1 fully saturated rings. The molecule has 1 aliphatic heterocycles. The van der Waals surface area contributed by atoms with Gasteiger partial charge in [0.2, 0.25) is 0 Å². The van der Waals surface area contributed by atoms with Crippen molar-refractivity contribution in [3.8, 4) is 0 Å². The molecule has 0 radical (unpaired) electrons. The summed E-state index contributed by atoms with van der Waals surface area (Å²) in [5, 5.41) is 12.8. The van der Waals surface area contributed by atoms with E-state index < -0.39 is 0 Å². The molecule has 2 heteroatoms. The Morgan fingerprint density at radius 3 is 2.81 bits per heavy atom. The molecule has 0 amide bonds. The second kappa shape index (κ2) is 4.98. The van der Waals surface area contributed by atoms with E-state index in [1.165, 1.54) is 16.7 Å². The number of aliphatic hydroxyl groups is 1. The third-order valence-electron chi connectivity index (χ3n) is 3.70. The van der Waals surface area contributed by atoms with Crippen LogP contribution in [-0.2, 0) is 0 Å². The molecular formula is C14H21NO. The summed E-state index contributed by atoms with van der Waals surface area (Å²) in [4.78, 5) is 0. The molecular weight excluding hydrogens is 198 g/mol. The van der Waals surface area contributed by atoms with Gasteiger partial charge in [0.25, 0.3) is 0 Å². The van der Waals surface area contributed by atoms with Crippen LogP contribution in [0.5, 0.6) is 0 Å². The van der Waals surface area contributed by atoms with Crippen LogP contribution in [0, 0.1) is 19.8 Å². The first kappa shape index (κ1) is 11.6. The Morgan fingerprint density at radius 1 is 1.31 bits per heavy atom. The van der Waals surface area contributed by atoms with E-state index in [2.05, 4.69) is 37.4 Å². The Kier molecular flexibility index (Phi) is 3.62. The van der Waals surface area contributed by atoms with E-state index in [0.29, 0.717) is 18.6 Å². The fraction of sp³-hybridized carbons (Fsp3) is 0.571. The maximum Gasteiger partial charge on any atom is 0.0460 e. The molecule has 1 aliphatic rings. The molecule has 2 N–H and O–H groups in total. The molecule has 16 heavy (non-hydrogen) atoms. The zero-order chi connectivity index (χ0) is 11.5. The smallest absolute Gasteiger partial charge is 0.0460 e.